The Balaban J connectivity index is 2.83. The predicted molar refractivity (Wildman–Crippen MR) is 62.8 cm³/mol. The monoisotopic (exact) mass is 281 g/mol. The number of hydrogen-bond donors (Lipinski definition) is 1. The maximum atomic E-state index is 13.5. The van der Waals surface area contributed by atoms with Crippen molar-refractivity contribution in [1.82, 2.24) is 0 Å². The molecular weight excluding hydrogens is 270 g/mol. The van der Waals surface area contributed by atoms with Gasteiger partial charge in [0.25, 0.3) is 0 Å². The Morgan fingerprint density at radius 1 is 1.33 bits per heavy atom. The Bertz CT molecular complexity index is 445. The van der Waals surface area contributed by atoms with Gasteiger partial charge in [0.15, 0.2) is 5.78 Å². The molecule has 7 heteroatoms. The van der Waals surface area contributed by atoms with Crippen LogP contribution in [0.4, 0.5) is 23.2 Å². The van der Waals surface area contributed by atoms with Crippen LogP contribution in [0.3, 0.4) is 0 Å². The molecule has 0 bridgehead atoms. The number of Topliss-reactive ketones (excluding diaryl/α,β-unsaturated/α-hetero) is 1. The van der Waals surface area contributed by atoms with Crippen molar-refractivity contribution in [3.8, 4) is 0 Å². The molecule has 0 aromatic heterocycles. The maximum absolute atomic E-state index is 13.5. The van der Waals surface area contributed by atoms with Gasteiger partial charge in [-0.3, -0.25) is 4.79 Å². The summed E-state index contributed by atoms with van der Waals surface area (Å²) in [7, 11) is 0. The Hall–Kier alpha value is -1.24. The quantitative estimate of drug-likeness (QED) is 0.508. The van der Waals surface area contributed by atoms with E-state index in [0.29, 0.717) is 0 Å². The van der Waals surface area contributed by atoms with Gasteiger partial charge in [0.1, 0.15) is 5.82 Å². The molecule has 0 radical (unpaired) electrons. The summed E-state index contributed by atoms with van der Waals surface area (Å²) < 4.78 is 51.2. The highest BCUT2D eigenvalue weighted by atomic mass is 32.2. The van der Waals surface area contributed by atoms with Gasteiger partial charge >= 0.3 is 5.51 Å². The normalized spacial score (nSPS) is 11.7. The van der Waals surface area contributed by atoms with Crippen LogP contribution in [0, 0.1) is 11.7 Å². The largest absolute Gasteiger partial charge is 0.461 e. The number of anilines is 1. The number of alkyl halides is 3. The lowest BCUT2D eigenvalue weighted by atomic mass is 10.0. The number of nitrogens with one attached hydrogen (secondary N) is 1. The molecular formula is C11H11F4NOS. The molecule has 0 amide bonds. The zero-order chi connectivity index (χ0) is 13.9. The van der Waals surface area contributed by atoms with Crippen LogP contribution < -0.4 is 4.72 Å². The Kier molecular flexibility index (Phi) is 4.61. The van der Waals surface area contributed by atoms with Gasteiger partial charge in [-0.05, 0) is 18.2 Å². The van der Waals surface area contributed by atoms with Crippen LogP contribution >= 0.6 is 11.9 Å². The van der Waals surface area contributed by atoms with Crippen molar-refractivity contribution in [1.29, 1.82) is 0 Å². The van der Waals surface area contributed by atoms with Gasteiger partial charge in [0, 0.05) is 11.6 Å². The second-order valence-corrected chi connectivity index (χ2v) is 4.73. The van der Waals surface area contributed by atoms with Crippen molar-refractivity contribution in [3.05, 3.63) is 29.6 Å². The van der Waals surface area contributed by atoms with E-state index in [0.717, 1.165) is 6.07 Å². The van der Waals surface area contributed by atoms with Crippen molar-refractivity contribution >= 4 is 23.4 Å². The van der Waals surface area contributed by atoms with Crippen LogP contribution in [0.15, 0.2) is 18.2 Å². The minimum absolute atomic E-state index is 0.0462. The summed E-state index contributed by atoms with van der Waals surface area (Å²) in [6, 6.07) is 3.28. The standard InChI is InChI=1S/C11H11F4NOS/c1-6(2)10(17)8-4-3-7(5-9(8)12)16-18-11(13,14)15/h3-6,16H,1-2H3. The average molecular weight is 281 g/mol. The molecule has 0 aliphatic rings. The number of rotatable bonds is 4. The molecule has 0 heterocycles. The number of hydrogen-bond acceptors (Lipinski definition) is 3. The summed E-state index contributed by atoms with van der Waals surface area (Å²) in [5.41, 5.74) is -4.62. The fraction of sp³-hybridized carbons (Fsp3) is 0.364. The van der Waals surface area contributed by atoms with Crippen molar-refractivity contribution in [3.63, 3.8) is 0 Å². The van der Waals surface area contributed by atoms with Crippen LogP contribution in [0.1, 0.15) is 24.2 Å². The van der Waals surface area contributed by atoms with Gasteiger partial charge in [0.2, 0.25) is 0 Å². The summed E-state index contributed by atoms with van der Waals surface area (Å²) in [5.74, 6) is -1.59. The first kappa shape index (κ1) is 14.8. The van der Waals surface area contributed by atoms with E-state index in [-0.39, 0.29) is 23.0 Å². The fourth-order valence-corrected chi connectivity index (χ4v) is 1.57. The van der Waals surface area contributed by atoms with Crippen LogP contribution in [0.2, 0.25) is 0 Å². The van der Waals surface area contributed by atoms with E-state index >= 15 is 0 Å². The zero-order valence-electron chi connectivity index (χ0n) is 9.64. The van der Waals surface area contributed by atoms with Gasteiger partial charge in [-0.25, -0.2) is 4.39 Å². The Labute approximate surface area is 106 Å². The molecule has 0 unspecified atom stereocenters. The molecule has 1 aromatic rings. The van der Waals surface area contributed by atoms with Gasteiger partial charge in [-0.2, -0.15) is 13.2 Å². The topological polar surface area (TPSA) is 29.1 Å². The highest BCUT2D eigenvalue weighted by Crippen LogP contribution is 2.31. The molecule has 1 aromatic carbocycles. The second kappa shape index (κ2) is 5.60. The highest BCUT2D eigenvalue weighted by molar-refractivity contribution is 8.01. The smallest absolute Gasteiger partial charge is 0.322 e. The molecule has 1 N–H and O–H groups in total. The van der Waals surface area contributed by atoms with Gasteiger partial charge < -0.3 is 4.72 Å². The summed E-state index contributed by atoms with van der Waals surface area (Å²) >= 11 is -0.486. The summed E-state index contributed by atoms with van der Waals surface area (Å²) in [6.45, 7) is 3.24. The van der Waals surface area contributed by atoms with Crippen LogP contribution in [0.5, 0.6) is 0 Å². The number of halogens is 4. The zero-order valence-corrected chi connectivity index (χ0v) is 10.5. The molecule has 2 nitrogen and oxygen atoms in total. The molecule has 1 rings (SSSR count). The van der Waals surface area contributed by atoms with E-state index < -0.39 is 23.3 Å². The first-order chi connectivity index (χ1) is 8.20. The first-order valence-electron chi connectivity index (χ1n) is 5.05. The van der Waals surface area contributed by atoms with E-state index in [4.69, 9.17) is 0 Å². The second-order valence-electron chi connectivity index (χ2n) is 3.86. The fourth-order valence-electron chi connectivity index (χ4n) is 1.21. The lowest BCUT2D eigenvalue weighted by molar-refractivity contribution is -0.0323. The third kappa shape index (κ3) is 4.21. The van der Waals surface area contributed by atoms with Crippen molar-refractivity contribution in [2.75, 3.05) is 4.72 Å². The summed E-state index contributed by atoms with van der Waals surface area (Å²) in [6.07, 6.45) is 0. The molecule has 0 saturated heterocycles. The van der Waals surface area contributed by atoms with Crippen molar-refractivity contribution < 1.29 is 22.4 Å². The third-order valence-corrected chi connectivity index (χ3v) is 2.61. The minimum atomic E-state index is -4.46. The van der Waals surface area contributed by atoms with Crippen molar-refractivity contribution in [2.45, 2.75) is 19.4 Å². The van der Waals surface area contributed by atoms with E-state index in [1.165, 1.54) is 12.1 Å². The number of carbonyl (C=O) groups is 1. The predicted octanol–water partition coefficient (Wildman–Crippen LogP) is 4.24. The molecule has 0 spiro atoms. The van der Waals surface area contributed by atoms with Crippen LogP contribution in [-0.2, 0) is 0 Å². The van der Waals surface area contributed by atoms with Crippen molar-refractivity contribution in [2.24, 2.45) is 5.92 Å². The summed E-state index contributed by atoms with van der Waals surface area (Å²) in [4.78, 5) is 11.5. The van der Waals surface area contributed by atoms with E-state index in [2.05, 4.69) is 0 Å². The Morgan fingerprint density at radius 3 is 2.39 bits per heavy atom. The Morgan fingerprint density at radius 2 is 1.94 bits per heavy atom. The first-order valence-corrected chi connectivity index (χ1v) is 5.87. The maximum Gasteiger partial charge on any atom is 0.461 e. The van der Waals surface area contributed by atoms with Gasteiger partial charge in [-0.1, -0.05) is 13.8 Å². The van der Waals surface area contributed by atoms with E-state index in [9.17, 15) is 22.4 Å². The SMILES string of the molecule is CC(C)C(=O)c1ccc(NSC(F)(F)F)cc1F. The number of ketones is 1. The van der Waals surface area contributed by atoms with Gasteiger partial charge in [0.05, 0.1) is 17.5 Å². The molecule has 0 saturated carbocycles. The summed E-state index contributed by atoms with van der Waals surface area (Å²) in [5, 5.41) is 0. The lowest BCUT2D eigenvalue weighted by Gasteiger charge is -2.10. The molecule has 0 fully saturated rings. The average Bonchev–Trinajstić information content (AvgIpc) is 2.24. The number of carbonyl (C=O) groups excluding carboxylic acids is 1. The number of benzene rings is 1. The van der Waals surface area contributed by atoms with Crippen LogP contribution in [0.25, 0.3) is 0 Å². The molecule has 0 aliphatic heterocycles. The van der Waals surface area contributed by atoms with Crippen LogP contribution in [-0.4, -0.2) is 11.3 Å². The van der Waals surface area contributed by atoms with E-state index in [1.54, 1.807) is 13.8 Å². The highest BCUT2D eigenvalue weighted by Gasteiger charge is 2.29. The molecule has 0 atom stereocenters. The third-order valence-electron chi connectivity index (χ3n) is 2.04. The molecule has 100 valence electrons. The molecule has 0 aliphatic carbocycles. The lowest BCUT2D eigenvalue weighted by Crippen LogP contribution is -2.10. The van der Waals surface area contributed by atoms with E-state index in [1.807, 2.05) is 4.72 Å². The minimum Gasteiger partial charge on any atom is -0.322 e. The molecule has 18 heavy (non-hydrogen) atoms. The van der Waals surface area contributed by atoms with Gasteiger partial charge in [-0.15, -0.1) is 0 Å².